The van der Waals surface area contributed by atoms with E-state index in [0.717, 1.165) is 22.3 Å². The molecule has 40 heavy (non-hydrogen) atoms. The molecule has 1 amide bonds. The molecule has 5 rings (SSSR count). The molecule has 1 fully saturated rings. The van der Waals surface area contributed by atoms with E-state index in [9.17, 15) is 14.7 Å². The van der Waals surface area contributed by atoms with Crippen molar-refractivity contribution in [1.82, 2.24) is 0 Å². The molecule has 1 atom stereocenters. The van der Waals surface area contributed by atoms with Crippen molar-refractivity contribution in [3.63, 3.8) is 0 Å². The number of amides is 1. The molecule has 6 nitrogen and oxygen atoms in total. The van der Waals surface area contributed by atoms with Gasteiger partial charge in [0, 0.05) is 11.3 Å². The maximum absolute atomic E-state index is 13.6. The van der Waals surface area contributed by atoms with Crippen LogP contribution in [-0.2, 0) is 16.2 Å². The normalized spacial score (nSPS) is 16.3. The lowest BCUT2D eigenvalue weighted by Crippen LogP contribution is -2.30. The number of aliphatic hydroxyl groups is 1. The van der Waals surface area contributed by atoms with Crippen LogP contribution >= 0.6 is 0 Å². The predicted molar refractivity (Wildman–Crippen MR) is 156 cm³/mol. The fourth-order valence-corrected chi connectivity index (χ4v) is 5.05. The number of carbonyl (C=O) groups excluding carboxylic acids is 2. The lowest BCUT2D eigenvalue weighted by atomic mass is 9.94. The van der Waals surface area contributed by atoms with E-state index >= 15 is 0 Å². The number of ether oxygens (including phenoxy) is 2. The maximum Gasteiger partial charge on any atom is 0.300 e. The van der Waals surface area contributed by atoms with Crippen molar-refractivity contribution in [2.45, 2.75) is 33.4 Å². The summed E-state index contributed by atoms with van der Waals surface area (Å²) in [6, 6.07) is 27.1. The van der Waals surface area contributed by atoms with E-state index in [1.165, 1.54) is 4.90 Å². The van der Waals surface area contributed by atoms with Crippen LogP contribution in [0.25, 0.3) is 5.76 Å². The zero-order chi connectivity index (χ0) is 28.4. The van der Waals surface area contributed by atoms with Crippen molar-refractivity contribution in [1.29, 1.82) is 0 Å². The molecule has 4 aromatic rings. The summed E-state index contributed by atoms with van der Waals surface area (Å²) >= 11 is 0. The van der Waals surface area contributed by atoms with Crippen molar-refractivity contribution in [3.8, 4) is 11.5 Å². The minimum atomic E-state index is -0.843. The third-order valence-corrected chi connectivity index (χ3v) is 7.38. The van der Waals surface area contributed by atoms with E-state index in [1.807, 2.05) is 75.4 Å². The number of anilines is 1. The minimum Gasteiger partial charge on any atom is -0.507 e. The van der Waals surface area contributed by atoms with E-state index in [0.29, 0.717) is 34.9 Å². The fraction of sp³-hybridized carbons (Fsp3) is 0.176. The molecule has 6 heteroatoms. The van der Waals surface area contributed by atoms with E-state index in [4.69, 9.17) is 9.47 Å². The lowest BCUT2D eigenvalue weighted by Gasteiger charge is -2.27. The van der Waals surface area contributed by atoms with Gasteiger partial charge in [-0.25, -0.2) is 0 Å². The molecular formula is C34H31NO5. The van der Waals surface area contributed by atoms with Crippen LogP contribution in [-0.4, -0.2) is 23.9 Å². The smallest absolute Gasteiger partial charge is 0.300 e. The van der Waals surface area contributed by atoms with Crippen LogP contribution in [0.3, 0.4) is 0 Å². The molecule has 1 saturated heterocycles. The first-order chi connectivity index (χ1) is 19.3. The minimum absolute atomic E-state index is 0.0245. The summed E-state index contributed by atoms with van der Waals surface area (Å²) in [5.74, 6) is -0.423. The van der Waals surface area contributed by atoms with Crippen LogP contribution in [0.2, 0.25) is 0 Å². The van der Waals surface area contributed by atoms with Crippen molar-refractivity contribution < 1.29 is 24.2 Å². The molecule has 0 aromatic heterocycles. The highest BCUT2D eigenvalue weighted by Gasteiger charge is 2.47. The van der Waals surface area contributed by atoms with Crippen molar-refractivity contribution in [2.24, 2.45) is 0 Å². The van der Waals surface area contributed by atoms with Crippen molar-refractivity contribution in [3.05, 3.63) is 130 Å². The molecule has 0 saturated carbocycles. The molecule has 1 heterocycles. The number of nitrogens with zero attached hydrogens (tertiary/aromatic N) is 1. The number of hydrogen-bond donors (Lipinski definition) is 1. The van der Waals surface area contributed by atoms with Gasteiger partial charge in [-0.3, -0.25) is 14.5 Å². The van der Waals surface area contributed by atoms with Crippen molar-refractivity contribution in [2.75, 3.05) is 12.0 Å². The summed E-state index contributed by atoms with van der Waals surface area (Å²) in [7, 11) is 1.56. The van der Waals surface area contributed by atoms with Crippen LogP contribution in [0.15, 0.2) is 96.6 Å². The summed E-state index contributed by atoms with van der Waals surface area (Å²) in [4.78, 5) is 28.6. The van der Waals surface area contributed by atoms with Crippen LogP contribution in [0, 0.1) is 20.8 Å². The maximum atomic E-state index is 13.6. The molecule has 1 aliphatic rings. The van der Waals surface area contributed by atoms with Crippen LogP contribution in [0.4, 0.5) is 5.69 Å². The molecular weight excluding hydrogens is 502 g/mol. The van der Waals surface area contributed by atoms with Gasteiger partial charge in [-0.15, -0.1) is 0 Å². The van der Waals surface area contributed by atoms with Gasteiger partial charge >= 0.3 is 0 Å². The second-order valence-corrected chi connectivity index (χ2v) is 9.92. The number of hydrogen-bond acceptors (Lipinski definition) is 5. The topological polar surface area (TPSA) is 76.1 Å². The van der Waals surface area contributed by atoms with Gasteiger partial charge in [0.15, 0.2) is 0 Å². The number of methoxy groups -OCH3 is 1. The molecule has 0 aliphatic carbocycles. The van der Waals surface area contributed by atoms with Gasteiger partial charge in [0.05, 0.1) is 18.7 Å². The third kappa shape index (κ3) is 4.96. The zero-order valence-electron chi connectivity index (χ0n) is 23.0. The summed E-state index contributed by atoms with van der Waals surface area (Å²) in [6.07, 6.45) is 0. The first-order valence-electron chi connectivity index (χ1n) is 13.1. The number of rotatable bonds is 7. The molecule has 0 spiro atoms. The lowest BCUT2D eigenvalue weighted by molar-refractivity contribution is -0.132. The first-order valence-corrected chi connectivity index (χ1v) is 13.1. The van der Waals surface area contributed by atoms with Crippen LogP contribution in [0.1, 0.15) is 39.4 Å². The second-order valence-electron chi connectivity index (χ2n) is 9.92. The Kier molecular flexibility index (Phi) is 7.43. The van der Waals surface area contributed by atoms with Gasteiger partial charge in [-0.05, 0) is 85.0 Å². The summed E-state index contributed by atoms with van der Waals surface area (Å²) in [6.45, 7) is 6.17. The molecule has 1 aliphatic heterocycles. The van der Waals surface area contributed by atoms with E-state index < -0.39 is 17.7 Å². The highest BCUT2D eigenvalue weighted by Crippen LogP contribution is 2.44. The Balaban J connectivity index is 1.60. The Hall–Kier alpha value is -4.84. The van der Waals surface area contributed by atoms with Gasteiger partial charge in [-0.1, -0.05) is 54.6 Å². The highest BCUT2D eigenvalue weighted by atomic mass is 16.5. The number of benzene rings is 4. The van der Waals surface area contributed by atoms with Gasteiger partial charge in [0.25, 0.3) is 11.7 Å². The largest absolute Gasteiger partial charge is 0.507 e. The number of aryl methyl sites for hydroxylation is 2. The highest BCUT2D eigenvalue weighted by molar-refractivity contribution is 6.51. The monoisotopic (exact) mass is 533 g/mol. The molecule has 0 radical (unpaired) electrons. The molecule has 1 unspecified atom stereocenters. The van der Waals surface area contributed by atoms with Gasteiger partial charge in [-0.2, -0.15) is 0 Å². The summed E-state index contributed by atoms with van der Waals surface area (Å²) < 4.78 is 11.4. The van der Waals surface area contributed by atoms with Crippen LogP contribution in [0.5, 0.6) is 11.5 Å². The second kappa shape index (κ2) is 11.1. The Bertz CT molecular complexity index is 1620. The molecule has 202 valence electrons. The predicted octanol–water partition coefficient (Wildman–Crippen LogP) is 6.83. The summed E-state index contributed by atoms with van der Waals surface area (Å²) in [5, 5.41) is 11.6. The molecule has 1 N–H and O–H groups in total. The number of Topliss-reactive ketones (excluding diaryl/α,β-unsaturated/α-hetero) is 1. The Morgan fingerprint density at radius 1 is 0.850 bits per heavy atom. The van der Waals surface area contributed by atoms with Crippen molar-refractivity contribution >= 4 is 23.1 Å². The third-order valence-electron chi connectivity index (χ3n) is 7.38. The first kappa shape index (κ1) is 26.8. The number of aliphatic hydroxyl groups excluding tert-OH is 1. The van der Waals surface area contributed by atoms with E-state index in [2.05, 4.69) is 0 Å². The Morgan fingerprint density at radius 2 is 1.60 bits per heavy atom. The molecule has 4 aromatic carbocycles. The Labute approximate surface area is 234 Å². The summed E-state index contributed by atoms with van der Waals surface area (Å²) in [5.41, 5.74) is 5.43. The average Bonchev–Trinajstić information content (AvgIpc) is 3.23. The van der Waals surface area contributed by atoms with Gasteiger partial charge in [0.1, 0.15) is 23.9 Å². The van der Waals surface area contributed by atoms with Gasteiger partial charge < -0.3 is 14.6 Å². The zero-order valence-corrected chi connectivity index (χ0v) is 23.0. The van der Waals surface area contributed by atoms with Crippen LogP contribution < -0.4 is 14.4 Å². The SMILES string of the molecule is COc1cccc(C2/C(=C(\O)c3ccc(OCc4ccccc4)c(C)c3)C(=O)C(=O)N2c2cccc(C)c2C)c1. The number of ketones is 1. The fourth-order valence-electron chi connectivity index (χ4n) is 5.05. The average molecular weight is 534 g/mol. The number of carbonyl (C=O) groups is 2. The standard InChI is InChI=1S/C34H31NO5/c1-21-10-8-15-28(23(21)3)35-31(25-13-9-14-27(19-25)39-4)30(33(37)34(35)38)32(36)26-16-17-29(22(2)18-26)40-20-24-11-6-5-7-12-24/h5-19,31,36H,20H2,1-4H3/b32-30+. The quantitative estimate of drug-likeness (QED) is 0.160. The Morgan fingerprint density at radius 3 is 2.33 bits per heavy atom. The van der Waals surface area contributed by atoms with E-state index in [1.54, 1.807) is 43.5 Å². The van der Waals surface area contributed by atoms with E-state index in [-0.39, 0.29) is 11.3 Å². The van der Waals surface area contributed by atoms with Gasteiger partial charge in [0.2, 0.25) is 0 Å². The molecule has 0 bridgehead atoms.